The number of rotatable bonds is 5. The lowest BCUT2D eigenvalue weighted by Crippen LogP contribution is -2.28. The molecule has 9 nitrogen and oxygen atoms in total. The summed E-state index contributed by atoms with van der Waals surface area (Å²) in [5.41, 5.74) is 3.56. The maximum atomic E-state index is 12.9. The summed E-state index contributed by atoms with van der Waals surface area (Å²) in [6.45, 7) is 6.43. The van der Waals surface area contributed by atoms with Gasteiger partial charge < -0.3 is 21.3 Å². The SMILES string of the molecule is Cc1ccc(NC(=O)c2cc(C)ccc2NC(=O)c2ccc(C3CNCCCN3)nn2)nc1. The zero-order valence-electron chi connectivity index (χ0n) is 18.7. The van der Waals surface area contributed by atoms with E-state index in [0.29, 0.717) is 17.1 Å². The second-order valence-electron chi connectivity index (χ2n) is 8.09. The Morgan fingerprint density at radius 3 is 2.55 bits per heavy atom. The number of carbonyl (C=O) groups excluding carboxylic acids is 2. The van der Waals surface area contributed by atoms with E-state index in [1.54, 1.807) is 36.5 Å². The van der Waals surface area contributed by atoms with E-state index in [1.165, 1.54) is 0 Å². The average Bonchev–Trinajstić information content (AvgIpc) is 3.11. The summed E-state index contributed by atoms with van der Waals surface area (Å²) >= 11 is 0. The molecule has 2 aromatic heterocycles. The number of aromatic nitrogens is 3. The normalized spacial score (nSPS) is 16.0. The minimum absolute atomic E-state index is 0.0555. The monoisotopic (exact) mass is 445 g/mol. The number of anilines is 2. The lowest BCUT2D eigenvalue weighted by atomic mass is 10.1. The first-order valence-electron chi connectivity index (χ1n) is 10.9. The summed E-state index contributed by atoms with van der Waals surface area (Å²) in [6.07, 6.45) is 2.73. The quantitative estimate of drug-likeness (QED) is 0.476. The molecule has 1 saturated heterocycles. The number of hydrogen-bond acceptors (Lipinski definition) is 7. The number of nitrogens with zero attached hydrogens (tertiary/aromatic N) is 3. The van der Waals surface area contributed by atoms with Crippen LogP contribution in [0.3, 0.4) is 0 Å². The molecule has 1 aromatic carbocycles. The lowest BCUT2D eigenvalue weighted by Gasteiger charge is -2.15. The van der Waals surface area contributed by atoms with Crippen molar-refractivity contribution >= 4 is 23.3 Å². The number of benzene rings is 1. The predicted octanol–water partition coefficient (Wildman–Crippen LogP) is 2.62. The van der Waals surface area contributed by atoms with Gasteiger partial charge in [0, 0.05) is 12.7 Å². The number of aryl methyl sites for hydroxylation is 2. The largest absolute Gasteiger partial charge is 0.320 e. The van der Waals surface area contributed by atoms with E-state index >= 15 is 0 Å². The summed E-state index contributed by atoms with van der Waals surface area (Å²) < 4.78 is 0. The summed E-state index contributed by atoms with van der Waals surface area (Å²) in [5, 5.41) is 20.7. The molecule has 33 heavy (non-hydrogen) atoms. The van der Waals surface area contributed by atoms with E-state index in [-0.39, 0.29) is 17.6 Å². The molecule has 0 saturated carbocycles. The maximum Gasteiger partial charge on any atom is 0.276 e. The lowest BCUT2D eigenvalue weighted by molar-refractivity contribution is 0.102. The highest BCUT2D eigenvalue weighted by atomic mass is 16.2. The van der Waals surface area contributed by atoms with Gasteiger partial charge in [0.05, 0.1) is 23.0 Å². The van der Waals surface area contributed by atoms with Gasteiger partial charge in [0.1, 0.15) is 5.82 Å². The van der Waals surface area contributed by atoms with Crippen LogP contribution in [0.15, 0.2) is 48.7 Å². The number of amides is 2. The number of carbonyl (C=O) groups is 2. The first kappa shape index (κ1) is 22.5. The van der Waals surface area contributed by atoms with Gasteiger partial charge in [0.15, 0.2) is 5.69 Å². The first-order chi connectivity index (χ1) is 16.0. The fraction of sp³-hybridized carbons (Fsp3) is 0.292. The van der Waals surface area contributed by atoms with Crippen molar-refractivity contribution < 1.29 is 9.59 Å². The molecule has 0 aliphatic carbocycles. The molecule has 4 N–H and O–H groups in total. The molecule has 2 amide bonds. The average molecular weight is 446 g/mol. The van der Waals surface area contributed by atoms with Crippen LogP contribution in [-0.2, 0) is 0 Å². The Morgan fingerprint density at radius 2 is 1.79 bits per heavy atom. The Kier molecular flexibility index (Phi) is 7.01. The molecule has 3 heterocycles. The number of pyridine rings is 1. The van der Waals surface area contributed by atoms with E-state index in [9.17, 15) is 9.59 Å². The zero-order chi connectivity index (χ0) is 23.2. The molecule has 3 aromatic rings. The van der Waals surface area contributed by atoms with Crippen molar-refractivity contribution in [3.8, 4) is 0 Å². The summed E-state index contributed by atoms with van der Waals surface area (Å²) in [4.78, 5) is 29.9. The van der Waals surface area contributed by atoms with Crippen LogP contribution < -0.4 is 21.3 Å². The van der Waals surface area contributed by atoms with Gasteiger partial charge >= 0.3 is 0 Å². The highest BCUT2D eigenvalue weighted by Gasteiger charge is 2.19. The Hall–Kier alpha value is -3.69. The van der Waals surface area contributed by atoms with E-state index in [1.807, 2.05) is 26.0 Å². The van der Waals surface area contributed by atoms with Gasteiger partial charge in [0.25, 0.3) is 11.8 Å². The van der Waals surface area contributed by atoms with Crippen molar-refractivity contribution in [2.24, 2.45) is 0 Å². The molecule has 1 unspecified atom stereocenters. The Labute approximate surface area is 192 Å². The highest BCUT2D eigenvalue weighted by molar-refractivity contribution is 6.12. The van der Waals surface area contributed by atoms with E-state index in [4.69, 9.17) is 0 Å². The van der Waals surface area contributed by atoms with Crippen LogP contribution in [-0.4, -0.2) is 46.6 Å². The van der Waals surface area contributed by atoms with Crippen LogP contribution in [0.25, 0.3) is 0 Å². The van der Waals surface area contributed by atoms with Crippen molar-refractivity contribution in [2.45, 2.75) is 26.3 Å². The molecule has 1 aliphatic rings. The van der Waals surface area contributed by atoms with E-state index in [2.05, 4.69) is 36.4 Å². The fourth-order valence-electron chi connectivity index (χ4n) is 3.53. The molecule has 1 fully saturated rings. The smallest absolute Gasteiger partial charge is 0.276 e. The molecule has 0 radical (unpaired) electrons. The summed E-state index contributed by atoms with van der Waals surface area (Å²) in [5.74, 6) is -0.362. The Balaban J connectivity index is 1.48. The third-order valence-electron chi connectivity index (χ3n) is 5.37. The van der Waals surface area contributed by atoms with Gasteiger partial charge in [-0.25, -0.2) is 4.98 Å². The van der Waals surface area contributed by atoms with Crippen LogP contribution in [0.5, 0.6) is 0 Å². The molecule has 0 spiro atoms. The molecule has 170 valence electrons. The van der Waals surface area contributed by atoms with Crippen LogP contribution in [0, 0.1) is 13.8 Å². The molecular weight excluding hydrogens is 418 g/mol. The van der Waals surface area contributed by atoms with E-state index in [0.717, 1.165) is 42.9 Å². The summed E-state index contributed by atoms with van der Waals surface area (Å²) in [7, 11) is 0. The van der Waals surface area contributed by atoms with Crippen LogP contribution in [0.1, 0.15) is 50.1 Å². The molecule has 9 heteroatoms. The highest BCUT2D eigenvalue weighted by Crippen LogP contribution is 2.20. The van der Waals surface area contributed by atoms with Gasteiger partial charge in [-0.15, -0.1) is 5.10 Å². The minimum atomic E-state index is -0.438. The third-order valence-corrected chi connectivity index (χ3v) is 5.37. The molecule has 1 aliphatic heterocycles. The van der Waals surface area contributed by atoms with Gasteiger partial charge in [-0.05, 0) is 69.3 Å². The second kappa shape index (κ2) is 10.3. The molecule has 0 bridgehead atoms. The number of hydrogen-bond donors (Lipinski definition) is 4. The minimum Gasteiger partial charge on any atom is -0.320 e. The molecule has 4 rings (SSSR count). The first-order valence-corrected chi connectivity index (χ1v) is 10.9. The third kappa shape index (κ3) is 5.76. The molecule has 1 atom stereocenters. The van der Waals surface area contributed by atoms with Gasteiger partial charge in [0.2, 0.25) is 0 Å². The van der Waals surface area contributed by atoms with Gasteiger partial charge in [-0.3, -0.25) is 9.59 Å². The summed E-state index contributed by atoms with van der Waals surface area (Å²) in [6, 6.07) is 12.4. The Morgan fingerprint density at radius 1 is 0.939 bits per heavy atom. The molecular formula is C24H27N7O2. The van der Waals surface area contributed by atoms with Crippen LogP contribution in [0.2, 0.25) is 0 Å². The topological polar surface area (TPSA) is 121 Å². The van der Waals surface area contributed by atoms with Crippen LogP contribution >= 0.6 is 0 Å². The van der Waals surface area contributed by atoms with Gasteiger partial charge in [-0.2, -0.15) is 5.10 Å². The van der Waals surface area contributed by atoms with Gasteiger partial charge in [-0.1, -0.05) is 17.7 Å². The number of nitrogens with one attached hydrogen (secondary N) is 4. The zero-order valence-corrected chi connectivity index (χ0v) is 18.7. The maximum absolute atomic E-state index is 12.9. The van der Waals surface area contributed by atoms with Crippen molar-refractivity contribution in [2.75, 3.05) is 30.3 Å². The van der Waals surface area contributed by atoms with Crippen molar-refractivity contribution in [3.05, 3.63) is 76.7 Å². The van der Waals surface area contributed by atoms with Crippen molar-refractivity contribution in [1.82, 2.24) is 25.8 Å². The standard InChI is InChI=1S/C24H27N7O2/c1-15-4-6-18(17(12-15)23(32)29-22-9-5-16(2)13-27-22)28-24(33)20-8-7-19(30-31-20)21-14-25-10-3-11-26-21/h4-9,12-13,21,25-26H,3,10-11,14H2,1-2H3,(H,28,33)(H,27,29,32). The van der Waals surface area contributed by atoms with Crippen LogP contribution in [0.4, 0.5) is 11.5 Å². The van der Waals surface area contributed by atoms with Crippen molar-refractivity contribution in [1.29, 1.82) is 0 Å². The Bertz CT molecular complexity index is 1120. The van der Waals surface area contributed by atoms with E-state index < -0.39 is 5.91 Å². The fourth-order valence-corrected chi connectivity index (χ4v) is 3.53. The van der Waals surface area contributed by atoms with Crippen molar-refractivity contribution in [3.63, 3.8) is 0 Å². The predicted molar refractivity (Wildman–Crippen MR) is 126 cm³/mol. The second-order valence-corrected chi connectivity index (χ2v) is 8.09.